The zero-order chi connectivity index (χ0) is 26.6. The van der Waals surface area contributed by atoms with Gasteiger partial charge in [0.25, 0.3) is 5.91 Å². The Morgan fingerprint density at radius 3 is 2.62 bits per heavy atom. The first-order valence-corrected chi connectivity index (χ1v) is 12.6. The fourth-order valence-electron chi connectivity index (χ4n) is 4.40. The van der Waals surface area contributed by atoms with Gasteiger partial charge in [0.2, 0.25) is 0 Å². The summed E-state index contributed by atoms with van der Waals surface area (Å²) in [5, 5.41) is 6.01. The highest BCUT2D eigenvalue weighted by Crippen LogP contribution is 2.22. The molecule has 9 heteroatoms. The smallest absolute Gasteiger partial charge is 0.407 e. The van der Waals surface area contributed by atoms with Crippen molar-refractivity contribution in [2.45, 2.75) is 65.6 Å². The summed E-state index contributed by atoms with van der Waals surface area (Å²) in [7, 11) is 0. The summed E-state index contributed by atoms with van der Waals surface area (Å²) < 4.78 is 7.38. The van der Waals surface area contributed by atoms with Crippen molar-refractivity contribution >= 4 is 17.7 Å². The molecule has 3 heterocycles. The zero-order valence-corrected chi connectivity index (χ0v) is 22.2. The molecular formula is C28H36N6O3. The molecule has 0 spiro atoms. The van der Waals surface area contributed by atoms with E-state index in [9.17, 15) is 9.59 Å². The molecule has 1 atom stereocenters. The van der Waals surface area contributed by atoms with Crippen LogP contribution in [0, 0.1) is 13.8 Å². The van der Waals surface area contributed by atoms with Crippen molar-refractivity contribution in [2.24, 2.45) is 0 Å². The maximum absolute atomic E-state index is 12.9. The first-order valence-electron chi connectivity index (χ1n) is 12.6. The van der Waals surface area contributed by atoms with Crippen molar-refractivity contribution in [2.75, 3.05) is 18.4 Å². The topological polar surface area (TPSA) is 101 Å². The molecule has 1 saturated heterocycles. The Morgan fingerprint density at radius 1 is 1.14 bits per heavy atom. The second-order valence-corrected chi connectivity index (χ2v) is 10.7. The van der Waals surface area contributed by atoms with Crippen LogP contribution in [0.3, 0.4) is 0 Å². The van der Waals surface area contributed by atoms with Gasteiger partial charge >= 0.3 is 6.09 Å². The van der Waals surface area contributed by atoms with Gasteiger partial charge in [0.15, 0.2) is 0 Å². The number of imidazole rings is 1. The van der Waals surface area contributed by atoms with Crippen molar-refractivity contribution < 1.29 is 14.3 Å². The van der Waals surface area contributed by atoms with Crippen LogP contribution in [0.15, 0.2) is 49.1 Å². The molecule has 3 aromatic rings. The van der Waals surface area contributed by atoms with Crippen molar-refractivity contribution in [3.63, 3.8) is 0 Å². The Morgan fingerprint density at radius 2 is 1.95 bits per heavy atom. The van der Waals surface area contributed by atoms with E-state index >= 15 is 0 Å². The lowest BCUT2D eigenvalue weighted by Gasteiger charge is -2.33. The monoisotopic (exact) mass is 504 g/mol. The minimum Gasteiger partial charge on any atom is -0.444 e. The van der Waals surface area contributed by atoms with Crippen LogP contribution in [-0.4, -0.2) is 56.2 Å². The van der Waals surface area contributed by atoms with Crippen molar-refractivity contribution in [3.8, 4) is 5.69 Å². The van der Waals surface area contributed by atoms with Gasteiger partial charge in [-0.3, -0.25) is 14.7 Å². The number of piperidine rings is 1. The number of aryl methyl sites for hydroxylation is 2. The lowest BCUT2D eigenvalue weighted by molar-refractivity contribution is 0.0470. The first kappa shape index (κ1) is 26.3. The Balaban J connectivity index is 1.51. The van der Waals surface area contributed by atoms with Crippen LogP contribution in [0.2, 0.25) is 0 Å². The number of likely N-dealkylation sites (tertiary alicyclic amines) is 1. The second kappa shape index (κ2) is 11.1. The van der Waals surface area contributed by atoms with Gasteiger partial charge in [0, 0.05) is 42.9 Å². The van der Waals surface area contributed by atoms with Gasteiger partial charge in [-0.05, 0) is 89.4 Å². The molecule has 9 nitrogen and oxygen atoms in total. The van der Waals surface area contributed by atoms with Crippen LogP contribution in [-0.2, 0) is 11.3 Å². The molecule has 0 radical (unpaired) electrons. The third-order valence-electron chi connectivity index (χ3n) is 6.02. The van der Waals surface area contributed by atoms with E-state index in [4.69, 9.17) is 4.74 Å². The normalized spacial score (nSPS) is 16.3. The number of carbonyl (C=O) groups is 2. The van der Waals surface area contributed by atoms with Gasteiger partial charge in [0.1, 0.15) is 11.3 Å². The van der Waals surface area contributed by atoms with Crippen molar-refractivity contribution in [3.05, 3.63) is 71.6 Å². The summed E-state index contributed by atoms with van der Waals surface area (Å²) in [4.78, 5) is 36.1. The average molecular weight is 505 g/mol. The Bertz CT molecular complexity index is 1250. The lowest BCUT2D eigenvalue weighted by atomic mass is 10.0. The summed E-state index contributed by atoms with van der Waals surface area (Å²) in [5.41, 5.74) is 4.39. The molecular weight excluding hydrogens is 468 g/mol. The number of anilines is 1. The van der Waals surface area contributed by atoms with E-state index in [0.717, 1.165) is 48.4 Å². The molecule has 1 aromatic carbocycles. The predicted molar refractivity (Wildman–Crippen MR) is 143 cm³/mol. The average Bonchev–Trinajstić information content (AvgIpc) is 3.24. The van der Waals surface area contributed by atoms with Crippen LogP contribution in [0.5, 0.6) is 0 Å². The zero-order valence-electron chi connectivity index (χ0n) is 22.2. The molecule has 4 rings (SSSR count). The summed E-state index contributed by atoms with van der Waals surface area (Å²) in [6, 6.07) is 9.64. The highest BCUT2D eigenvalue weighted by molar-refractivity contribution is 6.03. The highest BCUT2D eigenvalue weighted by atomic mass is 16.6. The van der Waals surface area contributed by atoms with E-state index < -0.39 is 5.60 Å². The minimum absolute atomic E-state index is 0.0230. The third kappa shape index (κ3) is 7.63. The molecule has 2 N–H and O–H groups in total. The summed E-state index contributed by atoms with van der Waals surface area (Å²) in [6.07, 6.45) is 6.91. The van der Waals surface area contributed by atoms with E-state index in [2.05, 4.69) is 31.6 Å². The van der Waals surface area contributed by atoms with Gasteiger partial charge < -0.3 is 19.9 Å². The van der Waals surface area contributed by atoms with Gasteiger partial charge in [-0.15, -0.1) is 0 Å². The molecule has 2 aromatic heterocycles. The second-order valence-electron chi connectivity index (χ2n) is 10.7. The van der Waals surface area contributed by atoms with E-state index in [1.165, 1.54) is 0 Å². The van der Waals surface area contributed by atoms with Crippen LogP contribution < -0.4 is 10.6 Å². The molecule has 196 valence electrons. The van der Waals surface area contributed by atoms with E-state index in [1.54, 1.807) is 18.6 Å². The molecule has 37 heavy (non-hydrogen) atoms. The van der Waals surface area contributed by atoms with Gasteiger partial charge in [-0.1, -0.05) is 6.07 Å². The number of alkyl carbamates (subject to hydrolysis) is 1. The SMILES string of the molecule is Cc1ccc(C(=O)Nc2cc(CN3CCC[C@H](NC(=O)OC(C)(C)C)C3)cc(-n3cnc(C)c3)c2)nc1. The number of rotatable bonds is 6. The minimum atomic E-state index is -0.528. The van der Waals surface area contributed by atoms with Gasteiger partial charge in [-0.2, -0.15) is 0 Å². The predicted octanol–water partition coefficient (Wildman–Crippen LogP) is 4.63. The molecule has 2 amide bonds. The summed E-state index contributed by atoms with van der Waals surface area (Å²) in [6.45, 7) is 11.8. The number of aromatic nitrogens is 3. The summed E-state index contributed by atoms with van der Waals surface area (Å²) in [5.74, 6) is -0.260. The molecule has 1 aliphatic heterocycles. The molecule has 0 saturated carbocycles. The van der Waals surface area contributed by atoms with E-state index in [0.29, 0.717) is 17.9 Å². The van der Waals surface area contributed by atoms with E-state index in [1.807, 2.05) is 63.6 Å². The standard InChI is InChI=1S/C28H36N6O3/c1-19-8-9-25(29-14-19)26(35)31-23-11-21(12-24(13-23)34-15-20(2)30-18-34)16-33-10-6-7-22(17-33)32-27(36)37-28(3,4)5/h8-9,11-15,18,22H,6-7,10,16-17H2,1-5H3,(H,31,35)(H,32,36)/t22-/m0/s1. The first-order chi connectivity index (χ1) is 17.5. The van der Waals surface area contributed by atoms with Crippen molar-refractivity contribution in [1.82, 2.24) is 24.8 Å². The van der Waals surface area contributed by atoms with Crippen molar-refractivity contribution in [1.29, 1.82) is 0 Å². The largest absolute Gasteiger partial charge is 0.444 e. The third-order valence-corrected chi connectivity index (χ3v) is 6.02. The fraction of sp³-hybridized carbons (Fsp3) is 0.429. The fourth-order valence-corrected chi connectivity index (χ4v) is 4.40. The number of hydrogen-bond donors (Lipinski definition) is 2. The van der Waals surface area contributed by atoms with Crippen LogP contribution in [0.4, 0.5) is 10.5 Å². The molecule has 0 unspecified atom stereocenters. The summed E-state index contributed by atoms with van der Waals surface area (Å²) >= 11 is 0. The lowest BCUT2D eigenvalue weighted by Crippen LogP contribution is -2.48. The maximum Gasteiger partial charge on any atom is 0.407 e. The number of nitrogens with zero attached hydrogens (tertiary/aromatic N) is 4. The number of amides is 2. The molecule has 0 bridgehead atoms. The van der Waals surface area contributed by atoms with Gasteiger partial charge in [-0.25, -0.2) is 9.78 Å². The van der Waals surface area contributed by atoms with Gasteiger partial charge in [0.05, 0.1) is 12.0 Å². The molecule has 1 aliphatic rings. The highest BCUT2D eigenvalue weighted by Gasteiger charge is 2.24. The number of pyridine rings is 1. The Kier molecular flexibility index (Phi) is 7.92. The number of nitrogens with one attached hydrogen (secondary N) is 2. The number of hydrogen-bond acceptors (Lipinski definition) is 6. The molecule has 1 fully saturated rings. The maximum atomic E-state index is 12.9. The number of ether oxygens (including phenoxy) is 1. The Labute approximate surface area is 218 Å². The molecule has 0 aliphatic carbocycles. The number of benzene rings is 1. The van der Waals surface area contributed by atoms with Crippen LogP contribution in [0.1, 0.15) is 60.9 Å². The Hall–Kier alpha value is -3.72. The van der Waals surface area contributed by atoms with Crippen LogP contribution in [0.25, 0.3) is 5.69 Å². The van der Waals surface area contributed by atoms with E-state index in [-0.39, 0.29) is 18.0 Å². The number of carbonyl (C=O) groups excluding carboxylic acids is 2. The van der Waals surface area contributed by atoms with Crippen LogP contribution >= 0.6 is 0 Å². The quantitative estimate of drug-likeness (QED) is 0.508.